The summed E-state index contributed by atoms with van der Waals surface area (Å²) in [5.41, 5.74) is 0. The van der Waals surface area contributed by atoms with Crippen LogP contribution in [0.4, 0.5) is 0 Å². The van der Waals surface area contributed by atoms with Gasteiger partial charge in [-0.15, -0.1) is 0 Å². The predicted octanol–water partition coefficient (Wildman–Crippen LogP) is 8.16. The lowest BCUT2D eigenvalue weighted by Crippen LogP contribution is -2.14. The average molecular weight is 441 g/mol. The second-order valence-electron chi connectivity index (χ2n) is 9.09. The molecule has 31 heavy (non-hydrogen) atoms. The zero-order valence-electron chi connectivity index (χ0n) is 21.1. The SMILES string of the molecule is CCCCCCCCCOC(=O)CCCCCCCCC(=O)OCC(CCC)CCC. The third kappa shape index (κ3) is 21.9. The topological polar surface area (TPSA) is 52.6 Å². The smallest absolute Gasteiger partial charge is 0.305 e. The van der Waals surface area contributed by atoms with E-state index in [2.05, 4.69) is 20.8 Å². The Morgan fingerprint density at radius 1 is 0.548 bits per heavy atom. The summed E-state index contributed by atoms with van der Waals surface area (Å²) in [6, 6.07) is 0. The molecule has 0 unspecified atom stereocenters. The van der Waals surface area contributed by atoms with Gasteiger partial charge >= 0.3 is 11.9 Å². The third-order valence-corrected chi connectivity index (χ3v) is 5.90. The average Bonchev–Trinajstić information content (AvgIpc) is 2.76. The second kappa shape index (κ2) is 23.6. The Morgan fingerprint density at radius 2 is 1.00 bits per heavy atom. The van der Waals surface area contributed by atoms with Crippen LogP contribution in [-0.2, 0) is 19.1 Å². The summed E-state index contributed by atoms with van der Waals surface area (Å²) >= 11 is 0. The fourth-order valence-corrected chi connectivity index (χ4v) is 3.97. The van der Waals surface area contributed by atoms with Gasteiger partial charge in [0.15, 0.2) is 0 Å². The first-order valence-electron chi connectivity index (χ1n) is 13.4. The van der Waals surface area contributed by atoms with Crippen molar-refractivity contribution >= 4 is 11.9 Å². The quantitative estimate of drug-likeness (QED) is 0.119. The van der Waals surface area contributed by atoms with Crippen LogP contribution in [0.5, 0.6) is 0 Å². The molecule has 0 bridgehead atoms. The lowest BCUT2D eigenvalue weighted by atomic mass is 9.99. The second-order valence-corrected chi connectivity index (χ2v) is 9.09. The van der Waals surface area contributed by atoms with Crippen molar-refractivity contribution in [3.63, 3.8) is 0 Å². The van der Waals surface area contributed by atoms with Crippen LogP contribution in [0.3, 0.4) is 0 Å². The summed E-state index contributed by atoms with van der Waals surface area (Å²) in [7, 11) is 0. The maximum Gasteiger partial charge on any atom is 0.305 e. The Balaban J connectivity index is 3.41. The van der Waals surface area contributed by atoms with E-state index in [0.717, 1.165) is 70.6 Å². The van der Waals surface area contributed by atoms with Crippen LogP contribution in [0.1, 0.15) is 143 Å². The maximum atomic E-state index is 11.9. The van der Waals surface area contributed by atoms with Crippen molar-refractivity contribution in [1.29, 1.82) is 0 Å². The Labute approximate surface area is 193 Å². The normalized spacial score (nSPS) is 11.1. The van der Waals surface area contributed by atoms with Gasteiger partial charge in [0.25, 0.3) is 0 Å². The van der Waals surface area contributed by atoms with Crippen molar-refractivity contribution in [2.24, 2.45) is 5.92 Å². The van der Waals surface area contributed by atoms with Crippen LogP contribution in [0.2, 0.25) is 0 Å². The first-order valence-corrected chi connectivity index (χ1v) is 13.4. The first-order chi connectivity index (χ1) is 15.1. The fourth-order valence-electron chi connectivity index (χ4n) is 3.97. The number of carbonyl (C=O) groups is 2. The van der Waals surface area contributed by atoms with Crippen molar-refractivity contribution in [2.75, 3.05) is 13.2 Å². The molecule has 0 aromatic carbocycles. The van der Waals surface area contributed by atoms with Crippen molar-refractivity contribution < 1.29 is 19.1 Å². The molecule has 0 spiro atoms. The van der Waals surface area contributed by atoms with Gasteiger partial charge in [0.2, 0.25) is 0 Å². The molecule has 0 amide bonds. The molecule has 0 N–H and O–H groups in total. The van der Waals surface area contributed by atoms with Gasteiger partial charge in [-0.2, -0.15) is 0 Å². The minimum absolute atomic E-state index is 0.0408. The van der Waals surface area contributed by atoms with Gasteiger partial charge in [-0.3, -0.25) is 9.59 Å². The summed E-state index contributed by atoms with van der Waals surface area (Å²) in [5.74, 6) is 0.445. The highest BCUT2D eigenvalue weighted by Crippen LogP contribution is 2.15. The molecule has 4 heteroatoms. The van der Waals surface area contributed by atoms with E-state index in [1.807, 2.05) is 0 Å². The van der Waals surface area contributed by atoms with Crippen LogP contribution in [0.15, 0.2) is 0 Å². The summed E-state index contributed by atoms with van der Waals surface area (Å²) < 4.78 is 10.8. The van der Waals surface area contributed by atoms with E-state index in [-0.39, 0.29) is 11.9 Å². The molecule has 184 valence electrons. The summed E-state index contributed by atoms with van der Waals surface area (Å²) in [6.45, 7) is 7.78. The maximum absolute atomic E-state index is 11.9. The molecule has 0 heterocycles. The molecule has 0 aromatic heterocycles. The zero-order valence-corrected chi connectivity index (χ0v) is 21.1. The van der Waals surface area contributed by atoms with E-state index >= 15 is 0 Å². The molecule has 0 saturated carbocycles. The first kappa shape index (κ1) is 29.9. The molecular formula is C27H52O4. The Morgan fingerprint density at radius 3 is 1.52 bits per heavy atom. The van der Waals surface area contributed by atoms with Gasteiger partial charge in [0.1, 0.15) is 0 Å². The minimum Gasteiger partial charge on any atom is -0.466 e. The predicted molar refractivity (Wildman–Crippen MR) is 130 cm³/mol. The molecule has 4 nitrogen and oxygen atoms in total. The van der Waals surface area contributed by atoms with Crippen molar-refractivity contribution in [1.82, 2.24) is 0 Å². The van der Waals surface area contributed by atoms with E-state index in [0.29, 0.717) is 32.0 Å². The monoisotopic (exact) mass is 440 g/mol. The molecule has 0 radical (unpaired) electrons. The van der Waals surface area contributed by atoms with Gasteiger partial charge < -0.3 is 9.47 Å². The molecule has 0 aromatic rings. The van der Waals surface area contributed by atoms with E-state index in [4.69, 9.17) is 9.47 Å². The van der Waals surface area contributed by atoms with Gasteiger partial charge in [-0.05, 0) is 38.0 Å². The Kier molecular flexibility index (Phi) is 22.8. The summed E-state index contributed by atoms with van der Waals surface area (Å²) in [4.78, 5) is 23.6. The standard InChI is InChI=1S/C27H52O4/c1-4-7-8-9-12-15-18-23-30-26(28)21-16-13-10-11-14-17-22-27(29)31-24-25(19-5-2)20-6-3/h25H,4-24H2,1-3H3. The van der Waals surface area contributed by atoms with Crippen LogP contribution < -0.4 is 0 Å². The molecule has 0 aliphatic carbocycles. The molecule has 0 fully saturated rings. The van der Waals surface area contributed by atoms with Gasteiger partial charge in [-0.1, -0.05) is 97.8 Å². The van der Waals surface area contributed by atoms with E-state index in [1.165, 1.54) is 38.5 Å². The number of hydrogen-bond acceptors (Lipinski definition) is 4. The highest BCUT2D eigenvalue weighted by atomic mass is 16.5. The minimum atomic E-state index is -0.0434. The molecule has 0 atom stereocenters. The van der Waals surface area contributed by atoms with Gasteiger partial charge in [0, 0.05) is 12.8 Å². The lowest BCUT2D eigenvalue weighted by Gasteiger charge is -2.15. The number of esters is 2. The van der Waals surface area contributed by atoms with Gasteiger partial charge in [-0.25, -0.2) is 0 Å². The molecule has 0 saturated heterocycles. The molecule has 0 aliphatic heterocycles. The van der Waals surface area contributed by atoms with Crippen molar-refractivity contribution in [3.05, 3.63) is 0 Å². The van der Waals surface area contributed by atoms with Crippen LogP contribution >= 0.6 is 0 Å². The Bertz CT molecular complexity index is 402. The number of rotatable bonds is 23. The van der Waals surface area contributed by atoms with E-state index < -0.39 is 0 Å². The molecular weight excluding hydrogens is 388 g/mol. The van der Waals surface area contributed by atoms with Gasteiger partial charge in [0.05, 0.1) is 13.2 Å². The fraction of sp³-hybridized carbons (Fsp3) is 0.926. The van der Waals surface area contributed by atoms with Crippen LogP contribution in [-0.4, -0.2) is 25.2 Å². The highest BCUT2D eigenvalue weighted by Gasteiger charge is 2.10. The lowest BCUT2D eigenvalue weighted by molar-refractivity contribution is -0.145. The summed E-state index contributed by atoms with van der Waals surface area (Å²) in [5, 5.41) is 0. The summed E-state index contributed by atoms with van der Waals surface area (Å²) in [6.07, 6.45) is 20.5. The third-order valence-electron chi connectivity index (χ3n) is 5.90. The number of unbranched alkanes of at least 4 members (excludes halogenated alkanes) is 11. The highest BCUT2D eigenvalue weighted by molar-refractivity contribution is 5.69. The number of carbonyl (C=O) groups excluding carboxylic acids is 2. The number of hydrogen-bond donors (Lipinski definition) is 0. The van der Waals surface area contributed by atoms with Crippen molar-refractivity contribution in [3.8, 4) is 0 Å². The van der Waals surface area contributed by atoms with Crippen LogP contribution in [0, 0.1) is 5.92 Å². The molecule has 0 aliphatic rings. The zero-order chi connectivity index (χ0) is 23.0. The van der Waals surface area contributed by atoms with Crippen molar-refractivity contribution in [2.45, 2.75) is 143 Å². The molecule has 0 rings (SSSR count). The van der Waals surface area contributed by atoms with E-state index in [1.54, 1.807) is 0 Å². The number of ether oxygens (including phenoxy) is 2. The Hall–Kier alpha value is -1.06. The van der Waals surface area contributed by atoms with Crippen LogP contribution in [0.25, 0.3) is 0 Å². The largest absolute Gasteiger partial charge is 0.466 e. The van der Waals surface area contributed by atoms with E-state index in [9.17, 15) is 9.59 Å².